The smallest absolute Gasteiger partial charge is 0.322 e. The van der Waals surface area contributed by atoms with Crippen LogP contribution >= 0.6 is 0 Å². The van der Waals surface area contributed by atoms with Gasteiger partial charge in [0, 0.05) is 29.8 Å². The number of hydrogen-bond donors (Lipinski definition) is 1. The lowest BCUT2D eigenvalue weighted by atomic mass is 10.1. The summed E-state index contributed by atoms with van der Waals surface area (Å²) >= 11 is 0. The van der Waals surface area contributed by atoms with E-state index in [2.05, 4.69) is 15.4 Å². The molecule has 4 rings (SSSR count). The first-order valence-corrected chi connectivity index (χ1v) is 8.96. The van der Waals surface area contributed by atoms with Crippen LogP contribution in [0.2, 0.25) is 0 Å². The first-order chi connectivity index (χ1) is 14.4. The number of halogens is 3. The lowest BCUT2D eigenvalue weighted by Gasteiger charge is -2.10. The van der Waals surface area contributed by atoms with Crippen LogP contribution in [0.25, 0.3) is 16.9 Å². The molecule has 8 heteroatoms. The van der Waals surface area contributed by atoms with Crippen LogP contribution < -0.4 is 5.32 Å². The number of nitrogens with zero attached hydrogens (tertiary/aromatic N) is 3. The Kier molecular flexibility index (Phi) is 5.05. The van der Waals surface area contributed by atoms with E-state index in [9.17, 15) is 18.0 Å². The average molecular weight is 408 g/mol. The molecule has 150 valence electrons. The first-order valence-electron chi connectivity index (χ1n) is 8.96. The third kappa shape index (κ3) is 4.07. The van der Waals surface area contributed by atoms with Crippen molar-refractivity contribution in [3.63, 3.8) is 0 Å². The molecule has 0 aliphatic heterocycles. The number of benzene rings is 2. The van der Waals surface area contributed by atoms with E-state index >= 15 is 0 Å². The van der Waals surface area contributed by atoms with E-state index in [1.165, 1.54) is 12.1 Å². The molecule has 2 aromatic carbocycles. The van der Waals surface area contributed by atoms with Crippen molar-refractivity contribution >= 4 is 11.6 Å². The van der Waals surface area contributed by atoms with Gasteiger partial charge in [0.2, 0.25) is 0 Å². The lowest BCUT2D eigenvalue weighted by molar-refractivity contribution is -0.137. The molecule has 0 unspecified atom stereocenters. The van der Waals surface area contributed by atoms with Crippen LogP contribution in [0.5, 0.6) is 0 Å². The zero-order valence-corrected chi connectivity index (χ0v) is 15.5. The summed E-state index contributed by atoms with van der Waals surface area (Å²) in [6, 6.07) is 17.1. The van der Waals surface area contributed by atoms with E-state index in [4.69, 9.17) is 0 Å². The molecule has 0 aliphatic carbocycles. The Hall–Kier alpha value is -3.94. The van der Waals surface area contributed by atoms with Crippen molar-refractivity contribution in [2.24, 2.45) is 0 Å². The zero-order chi connectivity index (χ0) is 21.1. The summed E-state index contributed by atoms with van der Waals surface area (Å²) in [5.41, 5.74) is 1.13. The number of aromatic nitrogens is 3. The van der Waals surface area contributed by atoms with Crippen molar-refractivity contribution in [1.29, 1.82) is 0 Å². The van der Waals surface area contributed by atoms with Gasteiger partial charge in [0.1, 0.15) is 5.69 Å². The topological polar surface area (TPSA) is 59.8 Å². The van der Waals surface area contributed by atoms with Gasteiger partial charge in [-0.15, -0.1) is 0 Å². The maximum absolute atomic E-state index is 13.0. The molecule has 0 radical (unpaired) electrons. The monoisotopic (exact) mass is 408 g/mol. The maximum Gasteiger partial charge on any atom is 0.416 e. The molecule has 0 aliphatic rings. The number of nitrogens with one attached hydrogen (secondary N) is 1. The van der Waals surface area contributed by atoms with Crippen LogP contribution in [0.1, 0.15) is 15.9 Å². The lowest BCUT2D eigenvalue weighted by Crippen LogP contribution is -2.13. The molecule has 1 amide bonds. The minimum Gasteiger partial charge on any atom is -0.322 e. The van der Waals surface area contributed by atoms with Gasteiger partial charge < -0.3 is 5.32 Å². The second-order valence-electron chi connectivity index (χ2n) is 6.45. The highest BCUT2D eigenvalue weighted by atomic mass is 19.4. The van der Waals surface area contributed by atoms with Crippen LogP contribution in [-0.2, 0) is 6.18 Å². The summed E-state index contributed by atoms with van der Waals surface area (Å²) in [7, 11) is 0. The van der Waals surface area contributed by atoms with Crippen LogP contribution in [0.15, 0.2) is 85.3 Å². The van der Waals surface area contributed by atoms with E-state index < -0.39 is 17.6 Å². The summed E-state index contributed by atoms with van der Waals surface area (Å²) in [4.78, 5) is 17.0. The highest BCUT2D eigenvalue weighted by Gasteiger charge is 2.30. The fraction of sp³-hybridized carbons (Fsp3) is 0.0455. The van der Waals surface area contributed by atoms with Gasteiger partial charge in [0.25, 0.3) is 5.91 Å². The van der Waals surface area contributed by atoms with Gasteiger partial charge in [-0.25, -0.2) is 4.68 Å². The van der Waals surface area contributed by atoms with Gasteiger partial charge in [-0.05, 0) is 42.5 Å². The molecule has 1 N–H and O–H groups in total. The van der Waals surface area contributed by atoms with Gasteiger partial charge in [-0.3, -0.25) is 9.78 Å². The van der Waals surface area contributed by atoms with E-state index in [1.54, 1.807) is 35.4 Å². The summed E-state index contributed by atoms with van der Waals surface area (Å²) < 4.78 is 40.5. The molecule has 5 nitrogen and oxygen atoms in total. The predicted octanol–water partition coefficient (Wildman–Crippen LogP) is 5.21. The molecule has 2 heterocycles. The normalized spacial score (nSPS) is 11.3. The number of alkyl halides is 3. The number of rotatable bonds is 4. The predicted molar refractivity (Wildman–Crippen MR) is 106 cm³/mol. The molecular weight excluding hydrogens is 393 g/mol. The first kappa shape index (κ1) is 19.4. The Morgan fingerprint density at radius 3 is 2.47 bits per heavy atom. The number of carbonyl (C=O) groups excluding carboxylic acids is 1. The second-order valence-corrected chi connectivity index (χ2v) is 6.45. The fourth-order valence-corrected chi connectivity index (χ4v) is 2.94. The van der Waals surface area contributed by atoms with Crippen molar-refractivity contribution in [1.82, 2.24) is 14.8 Å². The highest BCUT2D eigenvalue weighted by molar-refractivity contribution is 6.08. The summed E-state index contributed by atoms with van der Waals surface area (Å²) in [6.07, 6.45) is 0.208. The quantitative estimate of drug-likeness (QED) is 0.505. The molecule has 2 aromatic heterocycles. The van der Waals surface area contributed by atoms with Gasteiger partial charge >= 0.3 is 6.18 Å². The standard InChI is InChI=1S/C22H15F3N4O/c23-22(24,25)16-7-4-8-17(12-16)27-21(30)19-14-29(18-9-2-1-3-10-18)28-20(19)15-6-5-11-26-13-15/h1-14H,(H,27,30). The van der Waals surface area contributed by atoms with Crippen LogP contribution in [-0.4, -0.2) is 20.7 Å². The Bertz CT molecular complexity index is 1170. The Morgan fingerprint density at radius 1 is 0.967 bits per heavy atom. The number of hydrogen-bond acceptors (Lipinski definition) is 3. The zero-order valence-electron chi connectivity index (χ0n) is 15.5. The van der Waals surface area contributed by atoms with Crippen molar-refractivity contribution in [2.45, 2.75) is 6.18 Å². The van der Waals surface area contributed by atoms with Crippen LogP contribution in [0.3, 0.4) is 0 Å². The third-order valence-electron chi connectivity index (χ3n) is 4.36. The minimum atomic E-state index is -4.50. The molecule has 30 heavy (non-hydrogen) atoms. The number of amides is 1. The molecule has 0 saturated heterocycles. The molecule has 0 bridgehead atoms. The molecule has 0 atom stereocenters. The van der Waals surface area contributed by atoms with Crippen LogP contribution in [0.4, 0.5) is 18.9 Å². The molecule has 0 fully saturated rings. The fourth-order valence-electron chi connectivity index (χ4n) is 2.94. The van der Waals surface area contributed by atoms with E-state index in [0.717, 1.165) is 17.8 Å². The molecule has 0 saturated carbocycles. The number of carbonyl (C=O) groups is 1. The van der Waals surface area contributed by atoms with E-state index in [-0.39, 0.29) is 11.3 Å². The summed E-state index contributed by atoms with van der Waals surface area (Å²) in [5.74, 6) is -0.574. The summed E-state index contributed by atoms with van der Waals surface area (Å²) in [5, 5.41) is 7.04. The number of para-hydroxylation sites is 1. The van der Waals surface area contributed by atoms with Crippen molar-refractivity contribution in [3.05, 3.63) is 96.4 Å². The Morgan fingerprint density at radius 2 is 1.77 bits per heavy atom. The van der Waals surface area contributed by atoms with Gasteiger partial charge in [0.15, 0.2) is 0 Å². The largest absolute Gasteiger partial charge is 0.416 e. The van der Waals surface area contributed by atoms with Gasteiger partial charge in [0.05, 0.1) is 16.8 Å². The molecular formula is C22H15F3N4O. The highest BCUT2D eigenvalue weighted by Crippen LogP contribution is 2.31. The minimum absolute atomic E-state index is 0.0411. The van der Waals surface area contributed by atoms with E-state index in [0.29, 0.717) is 11.3 Å². The van der Waals surface area contributed by atoms with Gasteiger partial charge in [-0.2, -0.15) is 18.3 Å². The summed E-state index contributed by atoms with van der Waals surface area (Å²) in [6.45, 7) is 0. The Labute approximate surface area is 169 Å². The second kappa shape index (κ2) is 7.82. The van der Waals surface area contributed by atoms with Gasteiger partial charge in [-0.1, -0.05) is 24.3 Å². The number of pyridine rings is 1. The maximum atomic E-state index is 13.0. The van der Waals surface area contributed by atoms with Crippen molar-refractivity contribution in [3.8, 4) is 16.9 Å². The SMILES string of the molecule is O=C(Nc1cccc(C(F)(F)F)c1)c1cn(-c2ccccc2)nc1-c1cccnc1. The molecule has 4 aromatic rings. The number of anilines is 1. The third-order valence-corrected chi connectivity index (χ3v) is 4.36. The molecule has 0 spiro atoms. The Balaban J connectivity index is 1.72. The van der Waals surface area contributed by atoms with Crippen molar-refractivity contribution in [2.75, 3.05) is 5.32 Å². The van der Waals surface area contributed by atoms with Crippen molar-refractivity contribution < 1.29 is 18.0 Å². The van der Waals surface area contributed by atoms with Crippen LogP contribution in [0, 0.1) is 0 Å². The average Bonchev–Trinajstić information content (AvgIpc) is 3.20. The van der Waals surface area contributed by atoms with E-state index in [1.807, 2.05) is 30.3 Å².